The molecule has 0 radical (unpaired) electrons. The Labute approximate surface area is 328 Å². The molecule has 298 valence electrons. The van der Waals surface area contributed by atoms with E-state index in [-0.39, 0.29) is 65.4 Å². The molecule has 0 aliphatic carbocycles. The molecular weight excluding hydrogens is 759 g/mol. The van der Waals surface area contributed by atoms with E-state index in [0.29, 0.717) is 69.4 Å². The Balaban J connectivity index is 1.44. The average Bonchev–Trinajstić information content (AvgIpc) is 3.95. The number of allylic oxidation sites excluding steroid dienone is 2. The lowest BCUT2D eigenvalue weighted by Gasteiger charge is -2.12. The van der Waals surface area contributed by atoms with E-state index in [9.17, 15) is 24.3 Å². The predicted octanol–water partition coefficient (Wildman–Crippen LogP) is 3.99. The lowest BCUT2D eigenvalue weighted by Crippen LogP contribution is -2.18. The van der Waals surface area contributed by atoms with E-state index in [0.717, 1.165) is 11.3 Å². The fourth-order valence-electron chi connectivity index (χ4n) is 6.15. The number of aliphatic hydroxyl groups is 1. The van der Waals surface area contributed by atoms with Crippen LogP contribution in [0.15, 0.2) is 50.2 Å². The third-order valence-electron chi connectivity index (χ3n) is 8.74. The number of aliphatic hydroxyl groups excluding tert-OH is 1. The third kappa shape index (κ3) is 8.33. The number of oxazole rings is 2. The molecule has 4 amide bonds. The Morgan fingerprint density at radius 2 is 1.49 bits per heavy atom. The first-order valence-electron chi connectivity index (χ1n) is 17.9. The van der Waals surface area contributed by atoms with Gasteiger partial charge >= 0.3 is 5.91 Å². The topological polar surface area (TPSA) is 258 Å². The van der Waals surface area contributed by atoms with E-state index in [4.69, 9.17) is 29.8 Å². The van der Waals surface area contributed by atoms with Gasteiger partial charge in [0.15, 0.2) is 16.6 Å². The van der Waals surface area contributed by atoms with E-state index in [1.54, 1.807) is 35.1 Å². The summed E-state index contributed by atoms with van der Waals surface area (Å²) in [5.41, 5.74) is 13.9. The predicted molar refractivity (Wildman–Crippen MR) is 209 cm³/mol. The van der Waals surface area contributed by atoms with E-state index in [1.807, 2.05) is 19.9 Å². The van der Waals surface area contributed by atoms with Gasteiger partial charge in [-0.15, -0.1) is 0 Å². The fourth-order valence-corrected chi connectivity index (χ4v) is 7.24. The molecular formula is C38H41N9O9S. The molecule has 0 atom stereocenters. The van der Waals surface area contributed by atoms with Crippen molar-refractivity contribution in [1.82, 2.24) is 24.1 Å². The van der Waals surface area contributed by atoms with Gasteiger partial charge in [0.2, 0.25) is 29.3 Å². The molecule has 6 rings (SSSR count). The minimum absolute atomic E-state index is 0.0314. The second kappa shape index (κ2) is 17.0. The Bertz CT molecular complexity index is 2630. The number of anilines is 1. The van der Waals surface area contributed by atoms with Gasteiger partial charge in [-0.3, -0.25) is 24.5 Å². The van der Waals surface area contributed by atoms with Crippen molar-refractivity contribution in [2.24, 2.45) is 16.5 Å². The lowest BCUT2D eigenvalue weighted by atomic mass is 10.1. The van der Waals surface area contributed by atoms with Gasteiger partial charge in [-0.25, -0.2) is 15.0 Å². The maximum atomic E-state index is 13.6. The number of aryl methyl sites for hydroxylation is 4. The van der Waals surface area contributed by atoms with Crippen LogP contribution in [0.1, 0.15) is 85.3 Å². The largest absolute Gasteiger partial charge is 0.494 e. The summed E-state index contributed by atoms with van der Waals surface area (Å²) in [5.74, 6) is -1.16. The van der Waals surface area contributed by atoms with Crippen molar-refractivity contribution in [3.63, 3.8) is 0 Å². The number of fused-ring (bicyclic) bond motifs is 2. The Kier molecular flexibility index (Phi) is 12.0. The standard InChI is InChI=1S/C38H41N9O9S/c1-6-23-31(55-19(3)41-23)35(51)44-37-43-25-15-21(33(39)49)17-27(54-14-10-13-48)29(25)46(37)11-8-9-12-47-30-26(53-5)16-22(34(40)50)18-28(30)57-38(47)45-36(52)32-24(7-2)42-20(4)56-32/h8-9,15-18,48H,6-7,10-14H2,1-5H3,(H2,39,49)(H2,40,50)(H,43,44,51)/b9-8+,45-38?. The first kappa shape index (κ1) is 40.1. The zero-order valence-electron chi connectivity index (χ0n) is 31.9. The van der Waals surface area contributed by atoms with Gasteiger partial charge in [0.05, 0.1) is 35.3 Å². The first-order valence-corrected chi connectivity index (χ1v) is 18.8. The van der Waals surface area contributed by atoms with Crippen molar-refractivity contribution in [2.45, 2.75) is 60.0 Å². The van der Waals surface area contributed by atoms with Gasteiger partial charge in [-0.2, -0.15) is 4.99 Å². The number of nitrogens with one attached hydrogen (secondary N) is 1. The molecule has 4 aromatic heterocycles. The molecule has 4 heterocycles. The third-order valence-corrected chi connectivity index (χ3v) is 9.77. The molecule has 19 heteroatoms. The Hall–Kier alpha value is -6.60. The van der Waals surface area contributed by atoms with Gasteiger partial charge < -0.3 is 44.0 Å². The Morgan fingerprint density at radius 1 is 0.877 bits per heavy atom. The fraction of sp³-hybridized carbons (Fsp3) is 0.316. The minimum Gasteiger partial charge on any atom is -0.494 e. The molecule has 0 bridgehead atoms. The number of nitrogens with two attached hydrogens (primary N) is 2. The number of hydrogen-bond donors (Lipinski definition) is 4. The summed E-state index contributed by atoms with van der Waals surface area (Å²) in [7, 11) is 1.46. The van der Waals surface area contributed by atoms with Crippen molar-refractivity contribution in [1.29, 1.82) is 0 Å². The highest BCUT2D eigenvalue weighted by molar-refractivity contribution is 7.16. The maximum absolute atomic E-state index is 13.6. The maximum Gasteiger partial charge on any atom is 0.317 e. The Morgan fingerprint density at radius 3 is 2.12 bits per heavy atom. The van der Waals surface area contributed by atoms with Gasteiger partial charge in [0, 0.05) is 51.1 Å². The van der Waals surface area contributed by atoms with Gasteiger partial charge in [-0.05, 0) is 37.1 Å². The molecule has 0 saturated carbocycles. The SMILES string of the molecule is CCc1nc(C)oc1C(=O)N=c1sc2cc(C(N)=O)cc(OC)c2n1C/C=C/Cn1c(NC(=O)c2oc(C)nc2CC)nc2cc(C(N)=O)cc(OCCCO)c21. The van der Waals surface area contributed by atoms with Gasteiger partial charge in [0.1, 0.15) is 22.5 Å². The molecule has 0 aliphatic heterocycles. The van der Waals surface area contributed by atoms with Gasteiger partial charge in [0.25, 0.3) is 5.91 Å². The summed E-state index contributed by atoms with van der Waals surface area (Å²) < 4.78 is 26.9. The number of carbonyl (C=O) groups is 4. The van der Waals surface area contributed by atoms with Crippen LogP contribution < -0.4 is 31.1 Å². The molecule has 57 heavy (non-hydrogen) atoms. The monoisotopic (exact) mass is 799 g/mol. The van der Waals surface area contributed by atoms with Crippen LogP contribution >= 0.6 is 11.3 Å². The number of methoxy groups -OCH3 is 1. The number of nitrogens with zero attached hydrogens (tertiary/aromatic N) is 6. The molecule has 0 unspecified atom stereocenters. The highest BCUT2D eigenvalue weighted by Gasteiger charge is 2.24. The number of primary amides is 2. The zero-order chi connectivity index (χ0) is 41.0. The second-order valence-electron chi connectivity index (χ2n) is 12.6. The molecule has 0 saturated heterocycles. The molecule has 18 nitrogen and oxygen atoms in total. The van der Waals surface area contributed by atoms with Crippen LogP contribution in [0.4, 0.5) is 5.95 Å². The van der Waals surface area contributed by atoms with Crippen molar-refractivity contribution < 1.29 is 42.6 Å². The number of ether oxygens (including phenoxy) is 2. The number of aromatic nitrogens is 5. The molecule has 0 spiro atoms. The van der Waals surface area contributed by atoms with Crippen molar-refractivity contribution in [3.05, 3.63) is 87.0 Å². The molecule has 0 aliphatic rings. The van der Waals surface area contributed by atoms with Crippen LogP contribution in [-0.2, 0) is 25.9 Å². The normalized spacial score (nSPS) is 11.9. The van der Waals surface area contributed by atoms with Crippen LogP contribution in [0.5, 0.6) is 11.5 Å². The van der Waals surface area contributed by atoms with Crippen LogP contribution in [0.2, 0.25) is 0 Å². The van der Waals surface area contributed by atoms with Gasteiger partial charge in [-0.1, -0.05) is 37.3 Å². The van der Waals surface area contributed by atoms with Crippen LogP contribution in [0.3, 0.4) is 0 Å². The number of benzene rings is 2. The zero-order valence-corrected chi connectivity index (χ0v) is 32.7. The second-order valence-corrected chi connectivity index (χ2v) is 13.6. The summed E-state index contributed by atoms with van der Waals surface area (Å²) in [5, 5.41) is 12.2. The van der Waals surface area contributed by atoms with Crippen LogP contribution in [-0.4, -0.2) is 73.1 Å². The van der Waals surface area contributed by atoms with Crippen molar-refractivity contribution in [2.75, 3.05) is 25.6 Å². The molecule has 2 aromatic carbocycles. The van der Waals surface area contributed by atoms with Crippen LogP contribution in [0, 0.1) is 13.8 Å². The lowest BCUT2D eigenvalue weighted by molar-refractivity contribution is 0.0965. The molecule has 6 aromatic rings. The van der Waals surface area contributed by atoms with E-state index >= 15 is 0 Å². The number of hydrogen-bond acceptors (Lipinski definition) is 13. The number of imidazole rings is 1. The summed E-state index contributed by atoms with van der Waals surface area (Å²) >= 11 is 1.16. The minimum atomic E-state index is -0.712. The average molecular weight is 800 g/mol. The number of carbonyl (C=O) groups excluding carboxylic acids is 4. The van der Waals surface area contributed by atoms with Crippen molar-refractivity contribution in [3.8, 4) is 11.5 Å². The molecule has 6 N–H and O–H groups in total. The van der Waals surface area contributed by atoms with E-state index < -0.39 is 23.6 Å². The summed E-state index contributed by atoms with van der Waals surface area (Å²) in [6.45, 7) is 7.26. The number of thiazole rings is 1. The highest BCUT2D eigenvalue weighted by Crippen LogP contribution is 2.33. The molecule has 0 fully saturated rings. The van der Waals surface area contributed by atoms with Crippen molar-refractivity contribution >= 4 is 62.2 Å². The van der Waals surface area contributed by atoms with Crippen LogP contribution in [0.25, 0.3) is 21.3 Å². The number of rotatable bonds is 16. The summed E-state index contributed by atoms with van der Waals surface area (Å²) in [6, 6.07) is 6.10. The number of amides is 4. The van der Waals surface area contributed by atoms with E-state index in [2.05, 4.69) is 25.3 Å². The summed E-state index contributed by atoms with van der Waals surface area (Å²) in [4.78, 5) is 69.5. The smallest absolute Gasteiger partial charge is 0.317 e. The summed E-state index contributed by atoms with van der Waals surface area (Å²) in [6.07, 6.45) is 4.83. The first-order chi connectivity index (χ1) is 27.4. The van der Waals surface area contributed by atoms with E-state index in [1.165, 1.54) is 25.3 Å². The quantitative estimate of drug-likeness (QED) is 0.0801. The highest BCUT2D eigenvalue weighted by atomic mass is 32.1.